The maximum atomic E-state index is 9.74. The van der Waals surface area contributed by atoms with Crippen molar-refractivity contribution in [2.24, 2.45) is 0 Å². The van der Waals surface area contributed by atoms with Crippen molar-refractivity contribution in [1.29, 1.82) is 0 Å². The molecule has 1 saturated heterocycles. The number of benzene rings is 1. The number of hydrogen-bond donors (Lipinski definition) is 3. The van der Waals surface area contributed by atoms with Crippen molar-refractivity contribution in [3.63, 3.8) is 0 Å². The second kappa shape index (κ2) is 5.77. The van der Waals surface area contributed by atoms with E-state index >= 15 is 0 Å². The van der Waals surface area contributed by atoms with Crippen LogP contribution in [-0.4, -0.2) is 46.0 Å². The van der Waals surface area contributed by atoms with Crippen LogP contribution in [0.2, 0.25) is 0 Å². The lowest BCUT2D eigenvalue weighted by Crippen LogP contribution is -2.57. The van der Waals surface area contributed by atoms with Crippen LogP contribution < -0.4 is 0 Å². The predicted molar refractivity (Wildman–Crippen MR) is 63.6 cm³/mol. The predicted octanol–water partition coefficient (Wildman–Crippen LogP) is 0.0307. The average Bonchev–Trinajstić information content (AvgIpc) is 2.40. The van der Waals surface area contributed by atoms with Crippen LogP contribution in [0.4, 0.5) is 0 Å². The van der Waals surface area contributed by atoms with E-state index in [1.54, 1.807) is 6.92 Å². The molecule has 0 saturated carbocycles. The molecular formula is C13H18O5. The molecule has 0 bridgehead atoms. The van der Waals surface area contributed by atoms with Gasteiger partial charge in [0.05, 0.1) is 12.7 Å². The van der Waals surface area contributed by atoms with Crippen LogP contribution in [0.25, 0.3) is 0 Å². The second-order valence-corrected chi connectivity index (χ2v) is 4.48. The second-order valence-electron chi connectivity index (χ2n) is 4.48. The van der Waals surface area contributed by atoms with Crippen molar-refractivity contribution < 1.29 is 24.8 Å². The Kier molecular flexibility index (Phi) is 4.31. The fourth-order valence-electron chi connectivity index (χ4n) is 1.90. The van der Waals surface area contributed by atoms with E-state index in [0.717, 1.165) is 5.56 Å². The molecule has 2 rings (SSSR count). The van der Waals surface area contributed by atoms with Gasteiger partial charge in [-0.2, -0.15) is 0 Å². The lowest BCUT2D eigenvalue weighted by atomic mass is 10.00. The molecule has 18 heavy (non-hydrogen) atoms. The van der Waals surface area contributed by atoms with Gasteiger partial charge in [-0.25, -0.2) is 0 Å². The van der Waals surface area contributed by atoms with Crippen LogP contribution >= 0.6 is 0 Å². The summed E-state index contributed by atoms with van der Waals surface area (Å²) in [6, 6.07) is 9.46. The van der Waals surface area contributed by atoms with E-state index in [1.807, 2.05) is 30.3 Å². The molecule has 5 nitrogen and oxygen atoms in total. The Morgan fingerprint density at radius 2 is 1.72 bits per heavy atom. The van der Waals surface area contributed by atoms with Crippen LogP contribution in [0.5, 0.6) is 0 Å². The van der Waals surface area contributed by atoms with E-state index in [0.29, 0.717) is 0 Å². The molecule has 3 N–H and O–H groups in total. The first-order valence-corrected chi connectivity index (χ1v) is 5.95. The molecule has 0 unspecified atom stereocenters. The minimum atomic E-state index is -1.26. The Labute approximate surface area is 106 Å². The molecule has 0 amide bonds. The highest BCUT2D eigenvalue weighted by Gasteiger charge is 2.42. The van der Waals surface area contributed by atoms with Crippen LogP contribution in [0.1, 0.15) is 12.5 Å². The fourth-order valence-corrected chi connectivity index (χ4v) is 1.90. The normalized spacial score (nSPS) is 36.6. The highest BCUT2D eigenvalue weighted by molar-refractivity contribution is 5.13. The van der Waals surface area contributed by atoms with Crippen LogP contribution in [-0.2, 0) is 16.1 Å². The molecule has 5 heteroatoms. The Morgan fingerprint density at radius 3 is 2.39 bits per heavy atom. The molecule has 1 fully saturated rings. The first-order chi connectivity index (χ1) is 8.59. The number of rotatable bonds is 3. The highest BCUT2D eigenvalue weighted by Crippen LogP contribution is 2.22. The zero-order chi connectivity index (χ0) is 13.1. The molecule has 0 radical (unpaired) electrons. The van der Waals surface area contributed by atoms with E-state index in [1.165, 1.54) is 0 Å². The first-order valence-electron chi connectivity index (χ1n) is 5.95. The lowest BCUT2D eigenvalue weighted by molar-refractivity contribution is -0.296. The summed E-state index contributed by atoms with van der Waals surface area (Å²) in [5.41, 5.74) is 0.946. The standard InChI is InChI=1S/C13H18O5/c1-8-10(14)11(15)12(16)13(18-8)17-7-9-5-3-2-4-6-9/h2-6,8,10-16H,7H2,1H3/t8-,10-,11+,12-,13-/m0/s1. The molecule has 1 aromatic rings. The quantitative estimate of drug-likeness (QED) is 0.709. The number of hydrogen-bond acceptors (Lipinski definition) is 5. The zero-order valence-electron chi connectivity index (χ0n) is 10.1. The van der Waals surface area contributed by atoms with Crippen molar-refractivity contribution >= 4 is 0 Å². The summed E-state index contributed by atoms with van der Waals surface area (Å²) in [6.45, 7) is 1.90. The van der Waals surface area contributed by atoms with Crippen molar-refractivity contribution in [1.82, 2.24) is 0 Å². The van der Waals surface area contributed by atoms with Crippen molar-refractivity contribution in [3.05, 3.63) is 35.9 Å². The molecule has 1 aliphatic heterocycles. The maximum Gasteiger partial charge on any atom is 0.186 e. The molecule has 100 valence electrons. The van der Waals surface area contributed by atoms with Gasteiger partial charge in [-0.05, 0) is 12.5 Å². The van der Waals surface area contributed by atoms with Gasteiger partial charge in [-0.1, -0.05) is 30.3 Å². The molecule has 0 aliphatic carbocycles. The Hall–Kier alpha value is -0.980. The molecule has 1 aromatic carbocycles. The van der Waals surface area contributed by atoms with E-state index in [9.17, 15) is 15.3 Å². The van der Waals surface area contributed by atoms with Gasteiger partial charge < -0.3 is 24.8 Å². The minimum absolute atomic E-state index is 0.276. The summed E-state index contributed by atoms with van der Waals surface area (Å²) in [4.78, 5) is 0. The maximum absolute atomic E-state index is 9.74. The highest BCUT2D eigenvalue weighted by atomic mass is 16.7. The third-order valence-electron chi connectivity index (χ3n) is 3.07. The lowest BCUT2D eigenvalue weighted by Gasteiger charge is -2.38. The molecule has 0 spiro atoms. The summed E-state index contributed by atoms with van der Waals surface area (Å²) in [6.07, 6.45) is -5.12. The van der Waals surface area contributed by atoms with Gasteiger partial charge in [0.2, 0.25) is 0 Å². The van der Waals surface area contributed by atoms with E-state index in [4.69, 9.17) is 9.47 Å². The number of ether oxygens (including phenoxy) is 2. The van der Waals surface area contributed by atoms with Gasteiger partial charge in [0.25, 0.3) is 0 Å². The van der Waals surface area contributed by atoms with Gasteiger partial charge >= 0.3 is 0 Å². The number of aliphatic hydroxyl groups excluding tert-OH is 3. The van der Waals surface area contributed by atoms with Gasteiger partial charge in [0.1, 0.15) is 18.3 Å². The largest absolute Gasteiger partial charge is 0.388 e. The third-order valence-corrected chi connectivity index (χ3v) is 3.07. The molecule has 1 heterocycles. The minimum Gasteiger partial charge on any atom is -0.388 e. The molecule has 0 aromatic heterocycles. The van der Waals surface area contributed by atoms with E-state index in [2.05, 4.69) is 0 Å². The monoisotopic (exact) mass is 254 g/mol. The summed E-state index contributed by atoms with van der Waals surface area (Å²) >= 11 is 0. The van der Waals surface area contributed by atoms with Gasteiger partial charge in [0, 0.05) is 0 Å². The van der Waals surface area contributed by atoms with E-state index < -0.39 is 30.7 Å². The summed E-state index contributed by atoms with van der Waals surface area (Å²) in [7, 11) is 0. The SMILES string of the molecule is C[C@@H]1O[C@H](OCc2ccccc2)[C@@H](O)[C@H](O)[C@H]1O. The van der Waals surface area contributed by atoms with Gasteiger partial charge in [0.15, 0.2) is 6.29 Å². The molecular weight excluding hydrogens is 236 g/mol. The average molecular weight is 254 g/mol. The smallest absolute Gasteiger partial charge is 0.186 e. The van der Waals surface area contributed by atoms with Crippen LogP contribution in [0.15, 0.2) is 30.3 Å². The summed E-state index contributed by atoms with van der Waals surface area (Å²) in [5.74, 6) is 0. The Balaban J connectivity index is 1.93. The van der Waals surface area contributed by atoms with Gasteiger partial charge in [-0.15, -0.1) is 0 Å². The Bertz CT molecular complexity index is 369. The summed E-state index contributed by atoms with van der Waals surface area (Å²) in [5, 5.41) is 28.9. The van der Waals surface area contributed by atoms with E-state index in [-0.39, 0.29) is 6.61 Å². The molecule has 5 atom stereocenters. The van der Waals surface area contributed by atoms with Crippen LogP contribution in [0, 0.1) is 0 Å². The Morgan fingerprint density at radius 1 is 1.06 bits per heavy atom. The first kappa shape index (κ1) is 13.5. The number of aliphatic hydroxyl groups is 3. The topological polar surface area (TPSA) is 79.2 Å². The van der Waals surface area contributed by atoms with Gasteiger partial charge in [-0.3, -0.25) is 0 Å². The third kappa shape index (κ3) is 2.88. The molecule has 1 aliphatic rings. The van der Waals surface area contributed by atoms with Crippen LogP contribution in [0.3, 0.4) is 0 Å². The zero-order valence-corrected chi connectivity index (χ0v) is 10.1. The van der Waals surface area contributed by atoms with Crippen molar-refractivity contribution in [2.45, 2.75) is 44.2 Å². The van der Waals surface area contributed by atoms with Crippen molar-refractivity contribution in [2.75, 3.05) is 0 Å². The van der Waals surface area contributed by atoms with Crippen molar-refractivity contribution in [3.8, 4) is 0 Å². The fraction of sp³-hybridized carbons (Fsp3) is 0.538. The summed E-state index contributed by atoms with van der Waals surface area (Å²) < 4.78 is 10.7.